The first-order valence-corrected chi connectivity index (χ1v) is 25.4. The number of allylic oxidation sites excluding steroid dienone is 1. The Morgan fingerprint density at radius 2 is 1.51 bits per heavy atom. The number of likely N-dealkylation sites (tertiary alicyclic amines) is 2. The van der Waals surface area contributed by atoms with Crippen molar-refractivity contribution in [2.45, 2.75) is 165 Å². The number of carbonyl (C=O) groups excluding carboxylic acids is 5. The number of aliphatic carboxylic acids is 1. The molecule has 0 aliphatic carbocycles. The van der Waals surface area contributed by atoms with Crippen LogP contribution in [0.3, 0.4) is 0 Å². The van der Waals surface area contributed by atoms with E-state index in [9.17, 15) is 42.3 Å². The minimum absolute atomic E-state index is 0.0311. The van der Waals surface area contributed by atoms with Crippen molar-refractivity contribution in [3.05, 3.63) is 70.8 Å². The molecule has 378 valence electrons. The van der Waals surface area contributed by atoms with E-state index in [1.165, 1.54) is 9.80 Å². The second-order valence-electron chi connectivity index (χ2n) is 18.9. The molecule has 3 heterocycles. The third-order valence-corrected chi connectivity index (χ3v) is 14.8. The molecule has 2 aromatic carbocycles. The molecule has 0 aromatic heterocycles. The van der Waals surface area contributed by atoms with Gasteiger partial charge in [0.25, 0.3) is 10.0 Å². The molecule has 3 aliphatic heterocycles. The lowest BCUT2D eigenvalue weighted by Crippen LogP contribution is -2.59. The van der Waals surface area contributed by atoms with Crippen LogP contribution in [0.2, 0.25) is 0 Å². The lowest BCUT2D eigenvalue weighted by molar-refractivity contribution is -0.149. The highest BCUT2D eigenvalue weighted by atomic mass is 32.2. The van der Waals surface area contributed by atoms with Crippen molar-refractivity contribution in [2.24, 2.45) is 16.5 Å². The van der Waals surface area contributed by atoms with Gasteiger partial charge in [0.2, 0.25) is 35.5 Å². The van der Waals surface area contributed by atoms with Gasteiger partial charge < -0.3 is 47.1 Å². The Labute approximate surface area is 405 Å². The molecule has 5 rings (SSSR count). The average molecular weight is 978 g/mol. The van der Waals surface area contributed by atoms with Gasteiger partial charge in [-0.15, -0.1) is 6.58 Å². The monoisotopic (exact) mass is 978 g/mol. The highest BCUT2D eigenvalue weighted by Crippen LogP contribution is 2.43. The Morgan fingerprint density at radius 1 is 0.884 bits per heavy atom. The molecule has 2 saturated heterocycles. The molecule has 2 fully saturated rings. The minimum Gasteiger partial charge on any atom is -0.487 e. The minimum atomic E-state index is -4.19. The molecule has 5 amide bonds. The van der Waals surface area contributed by atoms with E-state index in [1.807, 2.05) is 51.1 Å². The lowest BCUT2D eigenvalue weighted by Gasteiger charge is -2.31. The summed E-state index contributed by atoms with van der Waals surface area (Å²) < 4.78 is 36.0. The van der Waals surface area contributed by atoms with Crippen LogP contribution in [0.5, 0.6) is 5.75 Å². The Balaban J connectivity index is 1.27. The number of nitrogens with zero attached hydrogens (tertiary/aromatic N) is 3. The predicted molar refractivity (Wildman–Crippen MR) is 260 cm³/mol. The summed E-state index contributed by atoms with van der Waals surface area (Å²) in [6, 6.07) is 2.82. The van der Waals surface area contributed by atoms with E-state index in [1.54, 1.807) is 26.8 Å². The number of rotatable bonds is 22. The summed E-state index contributed by atoms with van der Waals surface area (Å²) in [7, 11) is -4.19. The van der Waals surface area contributed by atoms with Crippen LogP contribution < -0.4 is 36.9 Å². The van der Waals surface area contributed by atoms with Crippen molar-refractivity contribution in [1.82, 2.24) is 30.5 Å². The summed E-state index contributed by atoms with van der Waals surface area (Å²) in [5.74, 6) is -3.76. The number of carbonyl (C=O) groups is 6. The molecule has 6 atom stereocenters. The fourth-order valence-electron chi connectivity index (χ4n) is 9.45. The predicted octanol–water partition coefficient (Wildman–Crippen LogP) is 2.56. The quantitative estimate of drug-likeness (QED) is 0.0388. The fraction of sp³-hybridized carbons (Fsp3) is 0.571. The Hall–Kier alpha value is -6.02. The van der Waals surface area contributed by atoms with E-state index in [-0.39, 0.29) is 62.6 Å². The second-order valence-corrected chi connectivity index (χ2v) is 20.5. The van der Waals surface area contributed by atoms with Crippen LogP contribution in [0.25, 0.3) is 0 Å². The number of nitrogens with two attached hydrogens (primary N) is 2. The van der Waals surface area contributed by atoms with Crippen molar-refractivity contribution in [3.8, 4) is 5.75 Å². The zero-order chi connectivity index (χ0) is 50.8. The first-order valence-electron chi connectivity index (χ1n) is 23.9. The van der Waals surface area contributed by atoms with Crippen LogP contribution in [0, 0.1) is 20.8 Å². The second kappa shape index (κ2) is 23.5. The molecular formula is C49H71N9O10S. The van der Waals surface area contributed by atoms with Crippen LogP contribution in [0.15, 0.2) is 52.9 Å². The third-order valence-electron chi connectivity index (χ3n) is 13.2. The topological polar surface area (TPSA) is 285 Å². The molecule has 20 heteroatoms. The number of hydrogen-bond acceptors (Lipinski definition) is 11. The van der Waals surface area contributed by atoms with Gasteiger partial charge in [-0.05, 0) is 121 Å². The van der Waals surface area contributed by atoms with Gasteiger partial charge in [-0.2, -0.15) is 0 Å². The first-order chi connectivity index (χ1) is 32.6. The van der Waals surface area contributed by atoms with Crippen molar-refractivity contribution < 1.29 is 47.0 Å². The zero-order valence-corrected chi connectivity index (χ0v) is 41.6. The number of ether oxygens (including phenoxy) is 1. The Bertz CT molecular complexity index is 2390. The number of nitrogens with one attached hydrogen (secondary N) is 4. The van der Waals surface area contributed by atoms with Gasteiger partial charge >= 0.3 is 5.97 Å². The van der Waals surface area contributed by atoms with E-state index in [4.69, 9.17) is 16.2 Å². The van der Waals surface area contributed by atoms with Gasteiger partial charge in [-0.3, -0.25) is 29.0 Å². The smallest absolute Gasteiger partial charge is 0.326 e. The molecule has 69 heavy (non-hydrogen) atoms. The molecule has 3 aliphatic rings. The number of fused-ring (bicyclic) bond motifs is 1. The zero-order valence-electron chi connectivity index (χ0n) is 40.8. The van der Waals surface area contributed by atoms with Crippen LogP contribution in [-0.2, 0) is 51.6 Å². The van der Waals surface area contributed by atoms with E-state index >= 15 is 0 Å². The van der Waals surface area contributed by atoms with Crippen LogP contribution in [0.4, 0.5) is 0 Å². The third kappa shape index (κ3) is 13.4. The van der Waals surface area contributed by atoms with Crippen molar-refractivity contribution in [3.63, 3.8) is 0 Å². The van der Waals surface area contributed by atoms with Crippen LogP contribution in [-0.4, -0.2) is 126 Å². The maximum atomic E-state index is 14.2. The SMILES string of the molecule is C=CCCC[C@H](N)C(=O)N[C@@H](Cc1ccccc1)C(=O)N1CCC[C@H]1C(=O)N[C@@H](CC)C(=O)N[C@@H](CCCN=C(N)NS(=O)(=O)c1c(C)c(C)c2c(c1C)CC(C)(C)O2)C(=O)N1CCC[C@H]1C(=O)O. The maximum Gasteiger partial charge on any atom is 0.326 e. The standard InChI is InChI=1S/C49H71N9O10S/c1-8-10-12-20-34(50)42(59)55-37(27-32-18-13-11-14-19-32)46(63)57-25-16-22-38(57)44(61)53-35(9-2)43(60)54-36(45(62)58-26-17-23-39(58)47(64)65)21-15-24-52-48(51)56-69(66,67)41-30(4)29(3)40-33(31(41)5)28-49(6,7)68-40/h8,11,13-14,18-19,34-39H,1,9-10,12,15-17,20-28,50H2,2-7H3,(H,53,61)(H,54,60)(H,55,59)(H,64,65)(H3,51,52,56)/t34-,35-,36-,37-,38-,39-/m0/s1. The average Bonchev–Trinajstić information content (AvgIpc) is 4.07. The molecule has 0 bridgehead atoms. The molecule has 2 aromatic rings. The largest absolute Gasteiger partial charge is 0.487 e. The Morgan fingerprint density at radius 3 is 2.14 bits per heavy atom. The van der Waals surface area contributed by atoms with Crippen LogP contribution >= 0.6 is 0 Å². The summed E-state index contributed by atoms with van der Waals surface area (Å²) in [4.78, 5) is 88.6. The number of carboxylic acids is 1. The van der Waals surface area contributed by atoms with Crippen molar-refractivity contribution in [1.29, 1.82) is 0 Å². The first kappa shape index (κ1) is 53.9. The van der Waals surface area contributed by atoms with Gasteiger partial charge in [0.15, 0.2) is 0 Å². The van der Waals surface area contributed by atoms with Crippen molar-refractivity contribution >= 4 is 51.5 Å². The lowest BCUT2D eigenvalue weighted by atomic mass is 9.94. The highest BCUT2D eigenvalue weighted by Gasteiger charge is 2.42. The molecule has 19 nitrogen and oxygen atoms in total. The van der Waals surface area contributed by atoms with Gasteiger partial charge in [0.1, 0.15) is 41.6 Å². The van der Waals surface area contributed by atoms with Gasteiger partial charge in [-0.1, -0.05) is 43.3 Å². The number of amides is 5. The summed E-state index contributed by atoms with van der Waals surface area (Å²) in [5.41, 5.74) is 15.2. The van der Waals surface area contributed by atoms with Crippen LogP contribution in [0.1, 0.15) is 113 Å². The number of hydrogen-bond donors (Lipinski definition) is 7. The van der Waals surface area contributed by atoms with Crippen molar-refractivity contribution in [2.75, 3.05) is 19.6 Å². The van der Waals surface area contributed by atoms with Gasteiger partial charge in [-0.25, -0.2) is 17.9 Å². The van der Waals surface area contributed by atoms with E-state index in [0.717, 1.165) is 11.1 Å². The van der Waals surface area contributed by atoms with E-state index in [2.05, 4.69) is 32.2 Å². The Kier molecular flexibility index (Phi) is 18.4. The highest BCUT2D eigenvalue weighted by molar-refractivity contribution is 7.90. The maximum absolute atomic E-state index is 14.2. The number of sulfonamides is 1. The molecule has 0 saturated carbocycles. The van der Waals surface area contributed by atoms with Gasteiger partial charge in [0.05, 0.1) is 10.9 Å². The molecule has 0 spiro atoms. The summed E-state index contributed by atoms with van der Waals surface area (Å²) >= 11 is 0. The number of aliphatic imine (C=N–C) groups is 1. The van der Waals surface area contributed by atoms with E-state index < -0.39 is 87.4 Å². The normalized spacial score (nSPS) is 19.4. The number of benzene rings is 2. The number of unbranched alkanes of at least 4 members (excludes halogenated alkanes) is 1. The molecular weight excluding hydrogens is 907 g/mol. The molecule has 9 N–H and O–H groups in total. The van der Waals surface area contributed by atoms with E-state index in [0.29, 0.717) is 67.4 Å². The molecule has 0 radical (unpaired) electrons. The fourth-order valence-corrected chi connectivity index (χ4v) is 11.0. The summed E-state index contributed by atoms with van der Waals surface area (Å²) in [5, 5.41) is 18.2. The summed E-state index contributed by atoms with van der Waals surface area (Å²) in [6.07, 6.45) is 5.80. The summed E-state index contributed by atoms with van der Waals surface area (Å²) in [6.45, 7) is 14.8. The van der Waals surface area contributed by atoms with Gasteiger partial charge in [0, 0.05) is 38.0 Å². The molecule has 0 unspecified atom stereocenters. The number of carboxylic acid groups (broad SMARTS) is 1. The number of guanidine groups is 1.